The fourth-order valence-electron chi connectivity index (χ4n) is 2.07. The summed E-state index contributed by atoms with van der Waals surface area (Å²) in [5.41, 5.74) is 0. The summed E-state index contributed by atoms with van der Waals surface area (Å²) in [6, 6.07) is -0.236. The van der Waals surface area contributed by atoms with Crippen LogP contribution in [-0.2, 0) is 4.79 Å². The molecular weight excluding hydrogens is 166 g/mol. The van der Waals surface area contributed by atoms with Gasteiger partial charge in [0.05, 0.1) is 19.1 Å². The molecule has 1 rings (SSSR count). The van der Waals surface area contributed by atoms with Gasteiger partial charge in [0.25, 0.3) is 0 Å². The Hall–Kier alpha value is -0.570. The first-order valence-electron chi connectivity index (χ1n) is 5.31. The smallest absolute Gasteiger partial charge is 0.128 e. The third-order valence-corrected chi connectivity index (χ3v) is 2.87. The van der Waals surface area contributed by atoms with E-state index in [1.165, 1.54) is 11.3 Å². The number of hydrogen-bond acceptors (Lipinski definition) is 2. The van der Waals surface area contributed by atoms with E-state index >= 15 is 0 Å². The number of aliphatic carboxylic acids is 1. The van der Waals surface area contributed by atoms with Crippen molar-refractivity contribution in [3.8, 4) is 0 Å². The molecule has 0 spiro atoms. The highest BCUT2D eigenvalue weighted by molar-refractivity contribution is 5.69. The molecule has 1 aliphatic heterocycles. The van der Waals surface area contributed by atoms with E-state index in [1.54, 1.807) is 0 Å². The Morgan fingerprint density at radius 1 is 1.54 bits per heavy atom. The Labute approximate surface area is 79.7 Å². The zero-order valence-corrected chi connectivity index (χ0v) is 8.34. The van der Waals surface area contributed by atoms with Crippen LogP contribution in [0.15, 0.2) is 0 Å². The molecule has 1 aliphatic rings. The van der Waals surface area contributed by atoms with Crippen molar-refractivity contribution in [1.82, 2.24) is 0 Å². The molecule has 2 atom stereocenters. The van der Waals surface area contributed by atoms with Crippen molar-refractivity contribution in [1.29, 1.82) is 0 Å². The number of carbonyl (C=O) groups is 1. The molecule has 0 aliphatic carbocycles. The van der Waals surface area contributed by atoms with Gasteiger partial charge in [0.15, 0.2) is 0 Å². The molecule has 3 nitrogen and oxygen atoms in total. The molecule has 1 saturated heterocycles. The van der Waals surface area contributed by atoms with Gasteiger partial charge in [-0.25, -0.2) is 0 Å². The van der Waals surface area contributed by atoms with Gasteiger partial charge in [0.1, 0.15) is 6.04 Å². The Morgan fingerprint density at radius 3 is 2.92 bits per heavy atom. The van der Waals surface area contributed by atoms with E-state index in [4.69, 9.17) is 0 Å². The highest BCUT2D eigenvalue weighted by atomic mass is 16.4. The number of quaternary nitrogens is 1. The lowest BCUT2D eigenvalue weighted by atomic mass is 10.0. The minimum absolute atomic E-state index is 0.236. The maximum Gasteiger partial charge on any atom is 0.128 e. The molecule has 13 heavy (non-hydrogen) atoms. The van der Waals surface area contributed by atoms with Crippen molar-refractivity contribution in [2.45, 2.75) is 45.1 Å². The van der Waals surface area contributed by atoms with Gasteiger partial charge in [-0.1, -0.05) is 13.3 Å². The maximum atomic E-state index is 10.8. The number of piperidine rings is 1. The van der Waals surface area contributed by atoms with Crippen LogP contribution in [0, 0.1) is 0 Å². The van der Waals surface area contributed by atoms with Crippen molar-refractivity contribution in [2.24, 2.45) is 0 Å². The monoisotopic (exact) mass is 185 g/mol. The lowest BCUT2D eigenvalue weighted by molar-refractivity contribution is -0.924. The first kappa shape index (κ1) is 10.5. The van der Waals surface area contributed by atoms with Crippen LogP contribution < -0.4 is 10.0 Å². The third-order valence-electron chi connectivity index (χ3n) is 2.87. The minimum Gasteiger partial charge on any atom is -0.544 e. The summed E-state index contributed by atoms with van der Waals surface area (Å²) >= 11 is 0. The molecule has 0 aromatic carbocycles. The van der Waals surface area contributed by atoms with Gasteiger partial charge in [0.2, 0.25) is 0 Å². The van der Waals surface area contributed by atoms with Gasteiger partial charge in [-0.2, -0.15) is 0 Å². The number of unbranched alkanes of at least 4 members (excludes halogenated alkanes) is 1. The SMILES string of the molecule is CCCC[NH+]1CCCC[C@@H]1C(=O)[O-]. The standard InChI is InChI=1S/C10H19NO2/c1-2-3-7-11-8-5-4-6-9(11)10(12)13/h9H,2-8H2,1H3,(H,12,13)/t9-/m1/s1. The normalized spacial score (nSPS) is 28.7. The topological polar surface area (TPSA) is 44.6 Å². The first-order chi connectivity index (χ1) is 6.25. The van der Waals surface area contributed by atoms with Gasteiger partial charge in [-0.05, 0) is 19.3 Å². The number of hydrogen-bond donors (Lipinski definition) is 1. The van der Waals surface area contributed by atoms with Crippen LogP contribution in [0.4, 0.5) is 0 Å². The van der Waals surface area contributed by atoms with Gasteiger partial charge in [-0.15, -0.1) is 0 Å². The summed E-state index contributed by atoms with van der Waals surface area (Å²) in [4.78, 5) is 12.0. The third kappa shape index (κ3) is 2.99. The van der Waals surface area contributed by atoms with Gasteiger partial charge in [0, 0.05) is 6.42 Å². The van der Waals surface area contributed by atoms with Gasteiger partial charge in [-0.3, -0.25) is 0 Å². The number of carbonyl (C=O) groups excluding carboxylic acids is 1. The largest absolute Gasteiger partial charge is 0.544 e. The first-order valence-corrected chi connectivity index (χ1v) is 5.31. The Balaban J connectivity index is 2.41. The molecule has 0 saturated carbocycles. The number of carboxylic acids is 1. The summed E-state index contributed by atoms with van der Waals surface area (Å²) in [5, 5.41) is 10.8. The molecule has 0 amide bonds. The van der Waals surface area contributed by atoms with Crippen molar-refractivity contribution >= 4 is 5.97 Å². The van der Waals surface area contributed by atoms with Crippen LogP contribution in [0.1, 0.15) is 39.0 Å². The fourth-order valence-corrected chi connectivity index (χ4v) is 2.07. The fraction of sp³-hybridized carbons (Fsp3) is 0.900. The number of nitrogens with one attached hydrogen (secondary N) is 1. The van der Waals surface area contributed by atoms with Crippen molar-refractivity contribution in [3.05, 3.63) is 0 Å². The number of rotatable bonds is 4. The van der Waals surface area contributed by atoms with Gasteiger partial charge < -0.3 is 14.8 Å². The lowest BCUT2D eigenvalue weighted by Crippen LogP contribution is -3.18. The molecule has 1 unspecified atom stereocenters. The van der Waals surface area contributed by atoms with Crippen LogP contribution in [0.2, 0.25) is 0 Å². The second-order valence-corrected chi connectivity index (χ2v) is 3.88. The van der Waals surface area contributed by atoms with Crippen LogP contribution in [0.25, 0.3) is 0 Å². The number of likely N-dealkylation sites (tertiary alicyclic amines) is 1. The zero-order chi connectivity index (χ0) is 9.68. The van der Waals surface area contributed by atoms with Crippen LogP contribution in [0.3, 0.4) is 0 Å². The summed E-state index contributed by atoms with van der Waals surface area (Å²) in [6.45, 7) is 4.14. The predicted molar refractivity (Wildman–Crippen MR) is 48.3 cm³/mol. The predicted octanol–water partition coefficient (Wildman–Crippen LogP) is -1.03. The van der Waals surface area contributed by atoms with Crippen LogP contribution >= 0.6 is 0 Å². The van der Waals surface area contributed by atoms with Crippen molar-refractivity contribution in [2.75, 3.05) is 13.1 Å². The molecule has 76 valence electrons. The molecule has 0 aromatic heterocycles. The molecule has 1 heterocycles. The second-order valence-electron chi connectivity index (χ2n) is 3.88. The maximum absolute atomic E-state index is 10.8. The Kier molecular flexibility index (Phi) is 4.22. The average Bonchev–Trinajstić information content (AvgIpc) is 2.15. The van der Waals surface area contributed by atoms with E-state index in [2.05, 4.69) is 6.92 Å². The lowest BCUT2D eigenvalue weighted by Gasteiger charge is -2.32. The van der Waals surface area contributed by atoms with E-state index < -0.39 is 5.97 Å². The van der Waals surface area contributed by atoms with Crippen molar-refractivity contribution < 1.29 is 14.8 Å². The molecular formula is C10H19NO2. The Morgan fingerprint density at radius 2 is 2.31 bits per heavy atom. The zero-order valence-electron chi connectivity index (χ0n) is 8.34. The van der Waals surface area contributed by atoms with Crippen molar-refractivity contribution in [3.63, 3.8) is 0 Å². The molecule has 1 N–H and O–H groups in total. The molecule has 3 heteroatoms. The van der Waals surface area contributed by atoms with E-state index in [-0.39, 0.29) is 6.04 Å². The van der Waals surface area contributed by atoms with E-state index in [1.807, 2.05) is 0 Å². The van der Waals surface area contributed by atoms with E-state index in [9.17, 15) is 9.90 Å². The minimum atomic E-state index is -0.856. The summed E-state index contributed by atoms with van der Waals surface area (Å²) in [5.74, 6) is -0.856. The van der Waals surface area contributed by atoms with E-state index in [0.29, 0.717) is 0 Å². The molecule has 0 aromatic rings. The van der Waals surface area contributed by atoms with Gasteiger partial charge >= 0.3 is 0 Å². The Bertz CT molecular complexity index is 170. The second kappa shape index (κ2) is 5.22. The molecule has 0 radical (unpaired) electrons. The summed E-state index contributed by atoms with van der Waals surface area (Å²) < 4.78 is 0. The molecule has 1 fully saturated rings. The summed E-state index contributed by atoms with van der Waals surface area (Å²) in [7, 11) is 0. The van der Waals surface area contributed by atoms with Crippen LogP contribution in [0.5, 0.6) is 0 Å². The highest BCUT2D eigenvalue weighted by Crippen LogP contribution is 2.02. The average molecular weight is 185 g/mol. The van der Waals surface area contributed by atoms with Crippen LogP contribution in [-0.4, -0.2) is 25.1 Å². The number of carboxylic acid groups (broad SMARTS) is 1. The quantitative estimate of drug-likeness (QED) is 0.609. The van der Waals surface area contributed by atoms with E-state index in [0.717, 1.165) is 38.8 Å². The summed E-state index contributed by atoms with van der Waals surface area (Å²) in [6.07, 6.45) is 5.29. The molecule has 0 bridgehead atoms. The highest BCUT2D eigenvalue weighted by Gasteiger charge is 2.26.